The minimum atomic E-state index is -0.743. The fourth-order valence-corrected chi connectivity index (χ4v) is 3.26. The van der Waals surface area contributed by atoms with Gasteiger partial charge in [-0.25, -0.2) is 4.79 Å². The standard InChI is InChI=1S/C16H24IN5O6/c17-9-7-22(16(26)21-14(9)25)12-6-10(11(8-23)27-12)28-13(24)4-2-1-3-5-20-15(18)19/h7,10-12,23H,1-6,8H2,(H4,18,19,20)(H,21,25,26)/t10-,11+,12+/m0/s1. The summed E-state index contributed by atoms with van der Waals surface area (Å²) in [5.74, 6) is -0.362. The van der Waals surface area contributed by atoms with Gasteiger partial charge in [0.05, 0.1) is 10.2 Å². The summed E-state index contributed by atoms with van der Waals surface area (Å²) in [7, 11) is 0. The molecular weight excluding hydrogens is 485 g/mol. The Hall–Kier alpha value is -1.93. The minimum absolute atomic E-state index is 0.0431. The molecule has 28 heavy (non-hydrogen) atoms. The number of unbranched alkanes of at least 4 members (excludes halogenated alkanes) is 2. The van der Waals surface area contributed by atoms with Gasteiger partial charge in [0.1, 0.15) is 18.4 Å². The molecule has 0 amide bonds. The van der Waals surface area contributed by atoms with Gasteiger partial charge < -0.3 is 26.0 Å². The Kier molecular flexibility index (Phi) is 8.44. The molecule has 0 aromatic carbocycles. The van der Waals surface area contributed by atoms with Crippen LogP contribution in [0.15, 0.2) is 20.8 Å². The van der Waals surface area contributed by atoms with Crippen molar-refractivity contribution in [1.82, 2.24) is 9.55 Å². The number of nitrogens with two attached hydrogens (primary N) is 2. The van der Waals surface area contributed by atoms with Gasteiger partial charge in [0.15, 0.2) is 5.96 Å². The summed E-state index contributed by atoms with van der Waals surface area (Å²) < 4.78 is 12.6. The summed E-state index contributed by atoms with van der Waals surface area (Å²) in [5.41, 5.74) is 9.36. The second kappa shape index (κ2) is 10.6. The third-order valence-corrected chi connectivity index (χ3v) is 4.98. The Morgan fingerprint density at radius 3 is 2.82 bits per heavy atom. The first kappa shape index (κ1) is 22.4. The van der Waals surface area contributed by atoms with Crippen LogP contribution in [0.4, 0.5) is 0 Å². The molecule has 0 aliphatic carbocycles. The number of nitrogens with one attached hydrogen (secondary N) is 1. The maximum absolute atomic E-state index is 12.1. The third kappa shape index (κ3) is 6.31. The maximum Gasteiger partial charge on any atom is 0.330 e. The van der Waals surface area contributed by atoms with E-state index in [-0.39, 0.29) is 25.4 Å². The largest absolute Gasteiger partial charge is 0.459 e. The van der Waals surface area contributed by atoms with E-state index in [0.29, 0.717) is 16.5 Å². The lowest BCUT2D eigenvalue weighted by Crippen LogP contribution is -2.33. The van der Waals surface area contributed by atoms with Crippen molar-refractivity contribution in [2.24, 2.45) is 16.5 Å². The van der Waals surface area contributed by atoms with Crippen LogP contribution in [-0.2, 0) is 14.3 Å². The molecule has 1 fully saturated rings. The van der Waals surface area contributed by atoms with E-state index in [1.807, 2.05) is 0 Å². The van der Waals surface area contributed by atoms with Gasteiger partial charge in [0.2, 0.25) is 0 Å². The molecule has 11 nitrogen and oxygen atoms in total. The molecule has 0 spiro atoms. The third-order valence-electron chi connectivity index (χ3n) is 4.21. The van der Waals surface area contributed by atoms with Crippen LogP contribution in [0.5, 0.6) is 0 Å². The minimum Gasteiger partial charge on any atom is -0.459 e. The van der Waals surface area contributed by atoms with Gasteiger partial charge in [-0.3, -0.25) is 24.1 Å². The van der Waals surface area contributed by atoms with Gasteiger partial charge in [-0.05, 0) is 35.4 Å². The SMILES string of the molecule is NC(N)=NCCCCCC(=O)O[C@H]1C[C@H](n2cc(I)c(=O)[nH]c2=O)O[C@@H]1CO. The topological polar surface area (TPSA) is 175 Å². The van der Waals surface area contributed by atoms with Crippen LogP contribution in [0, 0.1) is 3.57 Å². The lowest BCUT2D eigenvalue weighted by Gasteiger charge is -2.16. The Balaban J connectivity index is 1.87. The van der Waals surface area contributed by atoms with Crippen molar-refractivity contribution in [2.45, 2.75) is 50.5 Å². The van der Waals surface area contributed by atoms with Crippen LogP contribution < -0.4 is 22.7 Å². The lowest BCUT2D eigenvalue weighted by molar-refractivity contribution is -0.153. The summed E-state index contributed by atoms with van der Waals surface area (Å²) >= 11 is 1.81. The number of aromatic amines is 1. The molecule has 0 radical (unpaired) electrons. The number of ether oxygens (including phenoxy) is 2. The van der Waals surface area contributed by atoms with Crippen molar-refractivity contribution < 1.29 is 19.4 Å². The highest BCUT2D eigenvalue weighted by molar-refractivity contribution is 14.1. The van der Waals surface area contributed by atoms with Crippen LogP contribution in [0.1, 0.15) is 38.3 Å². The van der Waals surface area contributed by atoms with E-state index >= 15 is 0 Å². The molecule has 1 aliphatic heterocycles. The van der Waals surface area contributed by atoms with Gasteiger partial charge in [-0.15, -0.1) is 0 Å². The molecule has 0 bridgehead atoms. The van der Waals surface area contributed by atoms with Crippen LogP contribution >= 0.6 is 22.6 Å². The number of guanidine groups is 1. The van der Waals surface area contributed by atoms with E-state index in [4.69, 9.17) is 20.9 Å². The number of hydrogen-bond acceptors (Lipinski definition) is 7. The zero-order valence-corrected chi connectivity index (χ0v) is 17.3. The van der Waals surface area contributed by atoms with Crippen molar-refractivity contribution in [2.75, 3.05) is 13.2 Å². The predicted octanol–water partition coefficient (Wildman–Crippen LogP) is -0.833. The first-order valence-corrected chi connectivity index (χ1v) is 9.92. The van der Waals surface area contributed by atoms with E-state index in [9.17, 15) is 19.5 Å². The lowest BCUT2D eigenvalue weighted by atomic mass is 10.1. The van der Waals surface area contributed by atoms with Gasteiger partial charge in [0.25, 0.3) is 5.56 Å². The summed E-state index contributed by atoms with van der Waals surface area (Å²) in [6, 6.07) is 0. The molecule has 3 atom stereocenters. The van der Waals surface area contributed by atoms with Gasteiger partial charge >= 0.3 is 11.7 Å². The molecule has 1 aromatic heterocycles. The number of hydrogen-bond donors (Lipinski definition) is 4. The Morgan fingerprint density at radius 1 is 1.39 bits per heavy atom. The molecule has 1 aliphatic rings. The summed E-state index contributed by atoms with van der Waals surface area (Å²) in [5, 5.41) is 9.50. The van der Waals surface area contributed by atoms with Crippen LogP contribution in [-0.4, -0.2) is 51.9 Å². The molecule has 156 valence electrons. The molecule has 12 heteroatoms. The average molecular weight is 509 g/mol. The molecule has 2 heterocycles. The van der Waals surface area contributed by atoms with E-state index in [1.165, 1.54) is 10.8 Å². The summed E-state index contributed by atoms with van der Waals surface area (Å²) in [6.07, 6.45) is 1.78. The number of H-pyrrole nitrogens is 1. The first-order valence-electron chi connectivity index (χ1n) is 8.84. The number of rotatable bonds is 9. The number of aliphatic imine (C=N–C) groups is 1. The van der Waals surface area contributed by atoms with Crippen molar-refractivity contribution in [1.29, 1.82) is 0 Å². The highest BCUT2D eigenvalue weighted by Gasteiger charge is 2.39. The zero-order chi connectivity index (χ0) is 20.7. The highest BCUT2D eigenvalue weighted by Crippen LogP contribution is 2.30. The summed E-state index contributed by atoms with van der Waals surface area (Å²) in [4.78, 5) is 41.6. The number of carbonyl (C=O) groups is 1. The number of halogens is 1. The average Bonchev–Trinajstić information content (AvgIpc) is 3.03. The van der Waals surface area contributed by atoms with Gasteiger partial charge in [-0.1, -0.05) is 6.42 Å². The van der Waals surface area contributed by atoms with E-state index in [2.05, 4.69) is 9.98 Å². The zero-order valence-electron chi connectivity index (χ0n) is 15.2. The number of esters is 1. The fourth-order valence-electron chi connectivity index (χ4n) is 2.83. The van der Waals surface area contributed by atoms with Crippen LogP contribution in [0.2, 0.25) is 0 Å². The van der Waals surface area contributed by atoms with Gasteiger partial charge in [-0.2, -0.15) is 0 Å². The van der Waals surface area contributed by atoms with Crippen molar-refractivity contribution >= 4 is 34.5 Å². The van der Waals surface area contributed by atoms with E-state index < -0.39 is 35.7 Å². The molecule has 1 saturated heterocycles. The second-order valence-electron chi connectivity index (χ2n) is 6.34. The first-order chi connectivity index (χ1) is 13.3. The van der Waals surface area contributed by atoms with Gasteiger partial charge in [0, 0.05) is 25.6 Å². The number of carbonyl (C=O) groups excluding carboxylic acids is 1. The number of nitrogens with zero attached hydrogens (tertiary/aromatic N) is 2. The summed E-state index contributed by atoms with van der Waals surface area (Å²) in [6.45, 7) is 0.150. The number of aliphatic hydroxyl groups is 1. The highest BCUT2D eigenvalue weighted by atomic mass is 127. The smallest absolute Gasteiger partial charge is 0.330 e. The van der Waals surface area contributed by atoms with Crippen molar-refractivity contribution in [3.63, 3.8) is 0 Å². The van der Waals surface area contributed by atoms with Crippen LogP contribution in [0.25, 0.3) is 0 Å². The van der Waals surface area contributed by atoms with E-state index in [1.54, 1.807) is 22.6 Å². The van der Waals surface area contributed by atoms with Crippen LogP contribution in [0.3, 0.4) is 0 Å². The maximum atomic E-state index is 12.1. The van der Waals surface area contributed by atoms with Crippen molar-refractivity contribution in [3.8, 4) is 0 Å². The molecule has 0 saturated carbocycles. The Labute approximate surface area is 174 Å². The molecule has 1 aromatic rings. The normalized spacial score (nSPS) is 21.4. The molecule has 6 N–H and O–H groups in total. The Bertz CT molecular complexity index is 818. The molecular formula is C16H24IN5O6. The Morgan fingerprint density at radius 2 is 2.14 bits per heavy atom. The monoisotopic (exact) mass is 509 g/mol. The second-order valence-corrected chi connectivity index (χ2v) is 7.50. The quantitative estimate of drug-likeness (QED) is 0.110. The number of aliphatic hydroxyl groups excluding tert-OH is 1. The number of aromatic nitrogens is 2. The van der Waals surface area contributed by atoms with E-state index in [0.717, 1.165) is 12.8 Å². The fraction of sp³-hybridized carbons (Fsp3) is 0.625. The molecule has 0 unspecified atom stereocenters. The predicted molar refractivity (Wildman–Crippen MR) is 109 cm³/mol. The molecule has 2 rings (SSSR count). The van der Waals surface area contributed by atoms with Crippen molar-refractivity contribution in [3.05, 3.63) is 30.6 Å².